The number of ether oxygens (including phenoxy) is 2. The molecule has 130 valence electrons. The van der Waals surface area contributed by atoms with Gasteiger partial charge in [-0.1, -0.05) is 0 Å². The molecule has 0 amide bonds. The number of nitrogens with zero attached hydrogens (tertiary/aromatic N) is 5. The fourth-order valence-electron chi connectivity index (χ4n) is 2.78. The molecule has 2 aromatic heterocycles. The van der Waals surface area contributed by atoms with Crippen molar-refractivity contribution in [1.29, 1.82) is 0 Å². The third kappa shape index (κ3) is 3.09. The maximum absolute atomic E-state index is 5.50. The highest BCUT2D eigenvalue weighted by Gasteiger charge is 2.21. The number of rotatable bonds is 6. The molecular formula is C17H19N5O2S. The number of thioether (sulfide) groups is 1. The highest BCUT2D eigenvalue weighted by atomic mass is 32.2. The van der Waals surface area contributed by atoms with Gasteiger partial charge in [0.25, 0.3) is 0 Å². The molecule has 1 aliphatic rings. The van der Waals surface area contributed by atoms with E-state index in [-0.39, 0.29) is 12.8 Å². The van der Waals surface area contributed by atoms with E-state index in [2.05, 4.69) is 18.2 Å². The van der Waals surface area contributed by atoms with E-state index in [4.69, 9.17) is 19.6 Å². The SMILES string of the molecule is CSCCc1nc(C(C)n2ccnc2)n(-c2ccc3c(c2)OCO3)n1. The molecular weight excluding hydrogens is 338 g/mol. The number of aromatic nitrogens is 5. The molecule has 1 unspecified atom stereocenters. The van der Waals surface area contributed by atoms with E-state index in [1.165, 1.54) is 0 Å². The van der Waals surface area contributed by atoms with Gasteiger partial charge in [0, 0.05) is 30.6 Å². The van der Waals surface area contributed by atoms with Crippen molar-refractivity contribution in [3.05, 3.63) is 48.6 Å². The molecule has 0 radical (unpaired) electrons. The summed E-state index contributed by atoms with van der Waals surface area (Å²) in [4.78, 5) is 8.93. The minimum atomic E-state index is 0.0171. The maximum Gasteiger partial charge on any atom is 0.231 e. The summed E-state index contributed by atoms with van der Waals surface area (Å²) in [5.41, 5.74) is 0.911. The van der Waals surface area contributed by atoms with E-state index in [1.54, 1.807) is 24.3 Å². The zero-order valence-corrected chi connectivity index (χ0v) is 14.9. The monoisotopic (exact) mass is 357 g/mol. The average Bonchev–Trinajstić information content (AvgIpc) is 3.38. The highest BCUT2D eigenvalue weighted by molar-refractivity contribution is 7.98. The Morgan fingerprint density at radius 1 is 1.28 bits per heavy atom. The molecule has 7 nitrogen and oxygen atoms in total. The third-order valence-electron chi connectivity index (χ3n) is 4.15. The first-order chi connectivity index (χ1) is 12.3. The van der Waals surface area contributed by atoms with Gasteiger partial charge in [-0.15, -0.1) is 0 Å². The molecule has 1 aliphatic heterocycles. The van der Waals surface area contributed by atoms with Gasteiger partial charge in [0.1, 0.15) is 0 Å². The first-order valence-electron chi connectivity index (χ1n) is 8.08. The highest BCUT2D eigenvalue weighted by Crippen LogP contribution is 2.34. The van der Waals surface area contributed by atoms with Crippen LogP contribution < -0.4 is 9.47 Å². The van der Waals surface area contributed by atoms with Gasteiger partial charge < -0.3 is 14.0 Å². The molecule has 0 saturated heterocycles. The van der Waals surface area contributed by atoms with E-state index in [1.807, 2.05) is 33.6 Å². The van der Waals surface area contributed by atoms with E-state index in [9.17, 15) is 0 Å². The molecule has 0 saturated carbocycles. The number of hydrogen-bond donors (Lipinski definition) is 0. The second kappa shape index (κ2) is 6.79. The Hall–Kier alpha value is -2.48. The summed E-state index contributed by atoms with van der Waals surface area (Å²) in [5.74, 6) is 4.20. The van der Waals surface area contributed by atoms with Crippen molar-refractivity contribution in [1.82, 2.24) is 24.3 Å². The second-order valence-corrected chi connectivity index (χ2v) is 6.75. The zero-order valence-electron chi connectivity index (χ0n) is 14.1. The van der Waals surface area contributed by atoms with Gasteiger partial charge in [0.2, 0.25) is 6.79 Å². The summed E-state index contributed by atoms with van der Waals surface area (Å²) in [7, 11) is 0. The first-order valence-corrected chi connectivity index (χ1v) is 9.48. The van der Waals surface area contributed by atoms with Crippen molar-refractivity contribution >= 4 is 11.8 Å². The molecule has 0 aliphatic carbocycles. The Morgan fingerprint density at radius 2 is 2.16 bits per heavy atom. The Balaban J connectivity index is 1.75. The number of aryl methyl sites for hydroxylation is 1. The number of benzene rings is 1. The first kappa shape index (κ1) is 16.0. The smallest absolute Gasteiger partial charge is 0.231 e. The quantitative estimate of drug-likeness (QED) is 0.676. The van der Waals surface area contributed by atoms with Crippen molar-refractivity contribution in [2.75, 3.05) is 18.8 Å². The van der Waals surface area contributed by atoms with Crippen LogP contribution >= 0.6 is 11.8 Å². The summed E-state index contributed by atoms with van der Waals surface area (Å²) in [6.45, 7) is 2.35. The van der Waals surface area contributed by atoms with Crippen LogP contribution in [0.5, 0.6) is 11.5 Å². The van der Waals surface area contributed by atoms with E-state index in [0.717, 1.165) is 41.0 Å². The van der Waals surface area contributed by atoms with Gasteiger partial charge in [-0.25, -0.2) is 14.6 Å². The summed E-state index contributed by atoms with van der Waals surface area (Å²) in [5, 5.41) is 4.74. The van der Waals surface area contributed by atoms with Crippen LogP contribution in [0.1, 0.15) is 24.6 Å². The van der Waals surface area contributed by atoms with Crippen LogP contribution in [0.3, 0.4) is 0 Å². The summed E-state index contributed by atoms with van der Waals surface area (Å²) >= 11 is 1.79. The van der Waals surface area contributed by atoms with Crippen molar-refractivity contribution in [2.45, 2.75) is 19.4 Å². The number of hydrogen-bond acceptors (Lipinski definition) is 6. The van der Waals surface area contributed by atoms with Gasteiger partial charge >= 0.3 is 0 Å². The Morgan fingerprint density at radius 3 is 2.96 bits per heavy atom. The number of fused-ring (bicyclic) bond motifs is 1. The third-order valence-corrected chi connectivity index (χ3v) is 4.76. The molecule has 1 aromatic carbocycles. The van der Waals surface area contributed by atoms with Crippen molar-refractivity contribution in [3.8, 4) is 17.2 Å². The minimum Gasteiger partial charge on any atom is -0.454 e. The standard InChI is InChI=1S/C17H19N5O2S/c1-12(21-7-6-18-10-21)17-19-16(5-8-25-2)20-22(17)13-3-4-14-15(9-13)24-11-23-14/h3-4,6-7,9-10,12H,5,8,11H2,1-2H3. The van der Waals surface area contributed by atoms with Crippen LogP contribution in [-0.2, 0) is 6.42 Å². The van der Waals surface area contributed by atoms with Gasteiger partial charge in [0.05, 0.1) is 18.1 Å². The van der Waals surface area contributed by atoms with E-state index in [0.29, 0.717) is 0 Å². The van der Waals surface area contributed by atoms with Gasteiger partial charge in [0.15, 0.2) is 23.1 Å². The van der Waals surface area contributed by atoms with Gasteiger partial charge in [-0.2, -0.15) is 16.9 Å². The molecule has 0 fully saturated rings. The lowest BCUT2D eigenvalue weighted by Gasteiger charge is -2.14. The molecule has 3 aromatic rings. The average molecular weight is 357 g/mol. The summed E-state index contributed by atoms with van der Waals surface area (Å²) < 4.78 is 14.8. The van der Waals surface area contributed by atoms with Crippen LogP contribution in [0.2, 0.25) is 0 Å². The molecule has 4 rings (SSSR count). The second-order valence-electron chi connectivity index (χ2n) is 5.76. The predicted molar refractivity (Wildman–Crippen MR) is 95.6 cm³/mol. The molecule has 8 heteroatoms. The van der Waals surface area contributed by atoms with Crippen LogP contribution in [-0.4, -0.2) is 43.1 Å². The van der Waals surface area contributed by atoms with E-state index >= 15 is 0 Å². The lowest BCUT2D eigenvalue weighted by Crippen LogP contribution is -2.12. The molecule has 25 heavy (non-hydrogen) atoms. The van der Waals surface area contributed by atoms with Gasteiger partial charge in [-0.3, -0.25) is 0 Å². The molecule has 1 atom stereocenters. The lowest BCUT2D eigenvalue weighted by molar-refractivity contribution is 0.174. The molecule has 0 N–H and O–H groups in total. The van der Waals surface area contributed by atoms with Crippen molar-refractivity contribution < 1.29 is 9.47 Å². The summed E-state index contributed by atoms with van der Waals surface area (Å²) in [6, 6.07) is 5.85. The zero-order chi connectivity index (χ0) is 17.2. The Kier molecular flexibility index (Phi) is 4.35. The summed E-state index contributed by atoms with van der Waals surface area (Å²) in [6.07, 6.45) is 8.43. The van der Waals surface area contributed by atoms with E-state index < -0.39 is 0 Å². The predicted octanol–water partition coefficient (Wildman–Crippen LogP) is 2.71. The number of imidazole rings is 1. The lowest BCUT2D eigenvalue weighted by atomic mass is 10.2. The van der Waals surface area contributed by atoms with Crippen LogP contribution in [0.25, 0.3) is 5.69 Å². The fraction of sp³-hybridized carbons (Fsp3) is 0.353. The Labute approximate surface area is 150 Å². The normalized spacial score (nSPS) is 14.0. The van der Waals surface area contributed by atoms with Gasteiger partial charge in [-0.05, 0) is 25.3 Å². The minimum absolute atomic E-state index is 0.0171. The largest absolute Gasteiger partial charge is 0.454 e. The van der Waals surface area contributed by atoms with Crippen molar-refractivity contribution in [2.24, 2.45) is 0 Å². The van der Waals surface area contributed by atoms with Crippen LogP contribution in [0.15, 0.2) is 36.9 Å². The molecule has 3 heterocycles. The molecule has 0 spiro atoms. The topological polar surface area (TPSA) is 67.0 Å². The Bertz CT molecular complexity index is 862. The van der Waals surface area contributed by atoms with Crippen LogP contribution in [0.4, 0.5) is 0 Å². The van der Waals surface area contributed by atoms with Crippen molar-refractivity contribution in [3.63, 3.8) is 0 Å². The fourth-order valence-corrected chi connectivity index (χ4v) is 3.16. The van der Waals surface area contributed by atoms with Crippen LogP contribution in [0, 0.1) is 0 Å². The maximum atomic E-state index is 5.50. The molecule has 0 bridgehead atoms.